The summed E-state index contributed by atoms with van der Waals surface area (Å²) in [6.07, 6.45) is -2.34. The van der Waals surface area contributed by atoms with E-state index in [0.717, 1.165) is 0 Å². The number of carbonyl (C=O) groups excluding carboxylic acids is 1. The number of aryl methyl sites for hydroxylation is 1. The smallest absolute Gasteiger partial charge is 0.242 e. The average molecular weight is 200 g/mol. The second kappa shape index (κ2) is 3.19. The summed E-state index contributed by atoms with van der Waals surface area (Å²) in [6.45, 7) is 1.71. The number of carbonyl (C=O) groups is 1. The van der Waals surface area contributed by atoms with Crippen LogP contribution in [0.25, 0.3) is 0 Å². The summed E-state index contributed by atoms with van der Waals surface area (Å²) in [5, 5.41) is 0. The minimum Gasteiger partial charge on any atom is -0.466 e. The summed E-state index contributed by atoms with van der Waals surface area (Å²) < 4.78 is 30.0. The van der Waals surface area contributed by atoms with Gasteiger partial charge in [0.2, 0.25) is 6.43 Å². The number of fused-ring (bicyclic) bond motifs is 1. The number of hydrogen-bond acceptors (Lipinski definition) is 2. The highest BCUT2D eigenvalue weighted by atomic mass is 19.3. The number of ketones is 1. The van der Waals surface area contributed by atoms with E-state index in [-0.39, 0.29) is 18.6 Å². The molecule has 0 unspecified atom stereocenters. The molecule has 0 saturated heterocycles. The molecule has 0 aromatic carbocycles. The van der Waals surface area contributed by atoms with Crippen LogP contribution < -0.4 is 0 Å². The summed E-state index contributed by atoms with van der Waals surface area (Å²) in [5.41, 5.74) is 0.486. The molecule has 1 aromatic heterocycles. The molecule has 0 saturated carbocycles. The minimum absolute atomic E-state index is 0.0658. The van der Waals surface area contributed by atoms with E-state index in [0.29, 0.717) is 17.1 Å². The van der Waals surface area contributed by atoms with Crippen molar-refractivity contribution >= 4 is 5.78 Å². The summed E-state index contributed by atoms with van der Waals surface area (Å²) in [4.78, 5) is 11.4. The van der Waals surface area contributed by atoms with E-state index >= 15 is 0 Å². The normalized spacial score (nSPS) is 21.4. The van der Waals surface area contributed by atoms with Gasteiger partial charge in [0.25, 0.3) is 0 Å². The summed E-state index contributed by atoms with van der Waals surface area (Å²) in [7, 11) is 0. The van der Waals surface area contributed by atoms with E-state index in [9.17, 15) is 13.6 Å². The maximum Gasteiger partial charge on any atom is 0.242 e. The summed E-state index contributed by atoms with van der Waals surface area (Å²) >= 11 is 0. The number of Topliss-reactive ketones (excluding diaryl/α,β-unsaturated/α-hetero) is 1. The van der Waals surface area contributed by atoms with Gasteiger partial charge in [0, 0.05) is 18.8 Å². The number of halogens is 2. The molecule has 0 fully saturated rings. The third kappa shape index (κ3) is 1.45. The van der Waals surface area contributed by atoms with Crippen LogP contribution in [0.3, 0.4) is 0 Å². The molecule has 14 heavy (non-hydrogen) atoms. The number of alkyl halides is 2. The maximum atomic E-state index is 12.4. The molecule has 1 heterocycles. The fourth-order valence-electron chi connectivity index (χ4n) is 1.79. The van der Waals surface area contributed by atoms with E-state index in [2.05, 4.69) is 0 Å². The second-order valence-corrected chi connectivity index (χ2v) is 3.62. The van der Waals surface area contributed by atoms with Crippen molar-refractivity contribution in [2.75, 3.05) is 0 Å². The van der Waals surface area contributed by atoms with Crippen LogP contribution >= 0.6 is 0 Å². The fraction of sp³-hybridized carbons (Fsp3) is 0.500. The van der Waals surface area contributed by atoms with Gasteiger partial charge in [0.05, 0.1) is 5.56 Å². The molecule has 0 bridgehead atoms. The Morgan fingerprint density at radius 3 is 2.86 bits per heavy atom. The number of hydrogen-bond donors (Lipinski definition) is 0. The molecule has 0 aliphatic heterocycles. The van der Waals surface area contributed by atoms with Gasteiger partial charge in [-0.3, -0.25) is 4.79 Å². The third-order valence-corrected chi connectivity index (χ3v) is 2.48. The molecule has 0 radical (unpaired) electrons. The molecular weight excluding hydrogens is 190 g/mol. The lowest BCUT2D eigenvalue weighted by atomic mass is 9.88. The van der Waals surface area contributed by atoms with Gasteiger partial charge in [0.1, 0.15) is 11.5 Å². The molecule has 0 N–H and O–H groups in total. The topological polar surface area (TPSA) is 30.2 Å². The molecule has 0 spiro atoms. The molecule has 1 aromatic rings. The highest BCUT2D eigenvalue weighted by Crippen LogP contribution is 2.31. The highest BCUT2D eigenvalue weighted by molar-refractivity contribution is 5.98. The van der Waals surface area contributed by atoms with Crippen LogP contribution in [0.5, 0.6) is 0 Å². The van der Waals surface area contributed by atoms with Gasteiger partial charge in [-0.25, -0.2) is 8.78 Å². The summed E-state index contributed by atoms with van der Waals surface area (Å²) in [5.74, 6) is -0.0729. The number of rotatable bonds is 1. The maximum absolute atomic E-state index is 12.4. The number of furan rings is 1. The van der Waals surface area contributed by atoms with Crippen LogP contribution in [0.15, 0.2) is 10.5 Å². The van der Waals surface area contributed by atoms with Crippen molar-refractivity contribution in [1.29, 1.82) is 0 Å². The Bertz CT molecular complexity index is 368. The van der Waals surface area contributed by atoms with Crippen LogP contribution in [-0.2, 0) is 6.42 Å². The summed E-state index contributed by atoms with van der Waals surface area (Å²) in [6, 6.07) is 1.62. The van der Waals surface area contributed by atoms with Crippen molar-refractivity contribution in [1.82, 2.24) is 0 Å². The molecule has 2 nitrogen and oxygen atoms in total. The fourth-order valence-corrected chi connectivity index (χ4v) is 1.79. The van der Waals surface area contributed by atoms with Crippen LogP contribution in [-0.4, -0.2) is 12.2 Å². The van der Waals surface area contributed by atoms with Gasteiger partial charge in [0.15, 0.2) is 5.78 Å². The van der Waals surface area contributed by atoms with Gasteiger partial charge in [-0.1, -0.05) is 0 Å². The Balaban J connectivity index is 2.33. The van der Waals surface area contributed by atoms with Gasteiger partial charge in [-0.2, -0.15) is 0 Å². The highest BCUT2D eigenvalue weighted by Gasteiger charge is 2.33. The second-order valence-electron chi connectivity index (χ2n) is 3.62. The lowest BCUT2D eigenvalue weighted by Crippen LogP contribution is -2.24. The predicted octanol–water partition coefficient (Wildman–Crippen LogP) is 2.60. The Labute approximate surface area is 79.9 Å². The molecule has 0 amide bonds. The van der Waals surface area contributed by atoms with Gasteiger partial charge >= 0.3 is 0 Å². The lowest BCUT2D eigenvalue weighted by molar-refractivity contribution is 0.0570. The van der Waals surface area contributed by atoms with E-state index in [1.165, 1.54) is 0 Å². The van der Waals surface area contributed by atoms with E-state index in [4.69, 9.17) is 4.42 Å². The molecule has 1 atom stereocenters. The van der Waals surface area contributed by atoms with Crippen molar-refractivity contribution < 1.29 is 18.0 Å². The Hall–Kier alpha value is -1.19. The minimum atomic E-state index is -2.45. The predicted molar refractivity (Wildman–Crippen MR) is 45.6 cm³/mol. The van der Waals surface area contributed by atoms with E-state index in [1.54, 1.807) is 13.0 Å². The standard InChI is InChI=1S/C10H10F2O2/c1-5-2-7-8(13)3-6(10(11)12)4-9(7)14-5/h2,6,10H,3-4H2,1H3/t6-/m1/s1. The first-order valence-electron chi connectivity index (χ1n) is 4.48. The molecule has 1 aliphatic carbocycles. The van der Waals surface area contributed by atoms with Crippen molar-refractivity contribution in [2.24, 2.45) is 5.92 Å². The largest absolute Gasteiger partial charge is 0.466 e. The monoisotopic (exact) mass is 200 g/mol. The van der Waals surface area contributed by atoms with Crippen molar-refractivity contribution in [3.05, 3.63) is 23.2 Å². The molecule has 2 rings (SSSR count). The SMILES string of the molecule is Cc1cc2c(o1)C[C@H](C(F)F)CC2=O. The van der Waals surface area contributed by atoms with Crippen molar-refractivity contribution in [3.8, 4) is 0 Å². The molecule has 4 heteroatoms. The Kier molecular flexibility index (Phi) is 2.13. The first-order valence-corrected chi connectivity index (χ1v) is 4.48. The Morgan fingerprint density at radius 2 is 2.21 bits per heavy atom. The van der Waals surface area contributed by atoms with Crippen LogP contribution in [0, 0.1) is 12.8 Å². The first-order chi connectivity index (χ1) is 6.58. The lowest BCUT2D eigenvalue weighted by Gasteiger charge is -2.18. The molecule has 76 valence electrons. The quantitative estimate of drug-likeness (QED) is 0.697. The first kappa shape index (κ1) is 9.37. The van der Waals surface area contributed by atoms with Gasteiger partial charge < -0.3 is 4.42 Å². The van der Waals surface area contributed by atoms with Gasteiger partial charge in [-0.05, 0) is 13.0 Å². The zero-order chi connectivity index (χ0) is 10.3. The zero-order valence-electron chi connectivity index (χ0n) is 7.72. The molecular formula is C10H10F2O2. The van der Waals surface area contributed by atoms with Crippen LogP contribution in [0.2, 0.25) is 0 Å². The third-order valence-electron chi connectivity index (χ3n) is 2.48. The Morgan fingerprint density at radius 1 is 1.50 bits per heavy atom. The van der Waals surface area contributed by atoms with Crippen LogP contribution in [0.1, 0.15) is 28.3 Å². The average Bonchev–Trinajstić information content (AvgIpc) is 2.45. The van der Waals surface area contributed by atoms with Crippen LogP contribution in [0.4, 0.5) is 8.78 Å². The molecule has 1 aliphatic rings. The van der Waals surface area contributed by atoms with Gasteiger partial charge in [-0.15, -0.1) is 0 Å². The van der Waals surface area contributed by atoms with E-state index < -0.39 is 12.3 Å². The zero-order valence-corrected chi connectivity index (χ0v) is 7.72. The van der Waals surface area contributed by atoms with Crippen molar-refractivity contribution in [2.45, 2.75) is 26.2 Å². The van der Waals surface area contributed by atoms with Crippen molar-refractivity contribution in [3.63, 3.8) is 0 Å². The van der Waals surface area contributed by atoms with E-state index in [1.807, 2.05) is 0 Å².